The summed E-state index contributed by atoms with van der Waals surface area (Å²) in [6, 6.07) is 14.3. The predicted molar refractivity (Wildman–Crippen MR) is 93.9 cm³/mol. The van der Waals surface area contributed by atoms with Crippen LogP contribution in [-0.4, -0.2) is 19.1 Å². The largest absolute Gasteiger partial charge is 0.378 e. The fourth-order valence-corrected chi connectivity index (χ4v) is 2.99. The Morgan fingerprint density at radius 3 is 2.50 bits per heavy atom. The number of benzene rings is 2. The molecule has 4 nitrogen and oxygen atoms in total. The number of aromatic nitrogens is 1. The van der Waals surface area contributed by atoms with Crippen molar-refractivity contribution in [1.29, 1.82) is 0 Å². The van der Waals surface area contributed by atoms with Crippen LogP contribution in [-0.2, 0) is 6.42 Å². The van der Waals surface area contributed by atoms with Gasteiger partial charge in [-0.15, -0.1) is 10.2 Å². The number of anilines is 1. The van der Waals surface area contributed by atoms with Crippen LogP contribution in [0.25, 0.3) is 10.2 Å². The summed E-state index contributed by atoms with van der Waals surface area (Å²) in [5, 5.41) is 9.23. The maximum Gasteiger partial charge on any atom is 0.231 e. The van der Waals surface area contributed by atoms with Gasteiger partial charge in [0.15, 0.2) is 0 Å². The highest BCUT2D eigenvalue weighted by molar-refractivity contribution is 7.21. The first-order chi connectivity index (χ1) is 10.7. The van der Waals surface area contributed by atoms with E-state index in [4.69, 9.17) is 0 Å². The summed E-state index contributed by atoms with van der Waals surface area (Å²) >= 11 is 1.57. The Morgan fingerprint density at radius 1 is 1.05 bits per heavy atom. The van der Waals surface area contributed by atoms with Crippen molar-refractivity contribution in [3.8, 4) is 0 Å². The smallest absolute Gasteiger partial charge is 0.231 e. The third-order valence-electron chi connectivity index (χ3n) is 3.47. The minimum atomic E-state index is 0.694. The second-order valence-corrected chi connectivity index (χ2v) is 6.27. The Balaban J connectivity index is 1.82. The topological polar surface area (TPSA) is 40.9 Å². The van der Waals surface area contributed by atoms with Gasteiger partial charge in [0.05, 0.1) is 15.9 Å². The molecule has 0 saturated heterocycles. The van der Waals surface area contributed by atoms with Gasteiger partial charge in [-0.3, -0.25) is 0 Å². The van der Waals surface area contributed by atoms with Crippen molar-refractivity contribution in [3.63, 3.8) is 0 Å². The quantitative estimate of drug-likeness (QED) is 0.610. The maximum absolute atomic E-state index is 4.50. The van der Waals surface area contributed by atoms with Gasteiger partial charge in [0.2, 0.25) is 5.13 Å². The van der Waals surface area contributed by atoms with Crippen LogP contribution in [0.1, 0.15) is 12.5 Å². The van der Waals surface area contributed by atoms with E-state index in [2.05, 4.69) is 45.2 Å². The summed E-state index contributed by atoms with van der Waals surface area (Å²) in [6.07, 6.45) is 1.03. The number of nitrogens with zero attached hydrogens (tertiary/aromatic N) is 4. The number of aryl methyl sites for hydroxylation is 1. The van der Waals surface area contributed by atoms with Crippen LogP contribution in [0, 0.1) is 0 Å². The predicted octanol–water partition coefficient (Wildman–Crippen LogP) is 5.34. The summed E-state index contributed by atoms with van der Waals surface area (Å²) in [7, 11) is 4.03. The molecule has 22 heavy (non-hydrogen) atoms. The minimum absolute atomic E-state index is 0.694. The average Bonchev–Trinajstić information content (AvgIpc) is 2.95. The Kier molecular flexibility index (Phi) is 4.15. The van der Waals surface area contributed by atoms with Gasteiger partial charge in [-0.1, -0.05) is 24.3 Å². The highest BCUT2D eigenvalue weighted by Gasteiger charge is 2.03. The lowest BCUT2D eigenvalue weighted by Crippen LogP contribution is -2.07. The van der Waals surface area contributed by atoms with Gasteiger partial charge in [0.25, 0.3) is 0 Å². The van der Waals surface area contributed by atoms with Crippen molar-refractivity contribution in [2.45, 2.75) is 13.3 Å². The van der Waals surface area contributed by atoms with Gasteiger partial charge in [0.1, 0.15) is 0 Å². The van der Waals surface area contributed by atoms with Gasteiger partial charge in [-0.2, -0.15) is 0 Å². The van der Waals surface area contributed by atoms with Crippen molar-refractivity contribution < 1.29 is 0 Å². The molecule has 1 aromatic heterocycles. The molecule has 0 atom stereocenters. The molecule has 0 N–H and O–H groups in total. The van der Waals surface area contributed by atoms with Crippen molar-refractivity contribution in [3.05, 3.63) is 48.0 Å². The number of rotatable bonds is 4. The molecule has 0 unspecified atom stereocenters. The number of thiazole rings is 1. The number of hydrogen-bond donors (Lipinski definition) is 0. The first kappa shape index (κ1) is 14.7. The van der Waals surface area contributed by atoms with E-state index in [9.17, 15) is 0 Å². The van der Waals surface area contributed by atoms with Crippen LogP contribution in [0.3, 0.4) is 0 Å². The van der Waals surface area contributed by atoms with Crippen molar-refractivity contribution in [2.24, 2.45) is 10.2 Å². The molecule has 0 radical (unpaired) electrons. The molecule has 0 fully saturated rings. The van der Waals surface area contributed by atoms with E-state index in [-0.39, 0.29) is 0 Å². The molecule has 0 aliphatic carbocycles. The van der Waals surface area contributed by atoms with Gasteiger partial charge in [0, 0.05) is 19.8 Å². The van der Waals surface area contributed by atoms with E-state index in [1.807, 2.05) is 38.4 Å². The van der Waals surface area contributed by atoms with Crippen LogP contribution in [0.2, 0.25) is 0 Å². The third-order valence-corrected chi connectivity index (χ3v) is 4.37. The molecule has 0 spiro atoms. The summed E-state index contributed by atoms with van der Waals surface area (Å²) in [6.45, 7) is 2.15. The first-order valence-electron chi connectivity index (χ1n) is 7.24. The first-order valence-corrected chi connectivity index (χ1v) is 8.06. The zero-order valence-corrected chi connectivity index (χ0v) is 13.8. The molecule has 112 valence electrons. The van der Waals surface area contributed by atoms with Gasteiger partial charge in [-0.25, -0.2) is 4.98 Å². The number of fused-ring (bicyclic) bond motifs is 1. The Morgan fingerprint density at radius 2 is 1.82 bits per heavy atom. The Hall–Kier alpha value is -2.27. The fourth-order valence-electron chi connectivity index (χ4n) is 2.14. The van der Waals surface area contributed by atoms with E-state index < -0.39 is 0 Å². The molecule has 5 heteroatoms. The van der Waals surface area contributed by atoms with Crippen molar-refractivity contribution in [1.82, 2.24) is 4.98 Å². The molecule has 3 rings (SSSR count). The molecule has 3 aromatic rings. The minimum Gasteiger partial charge on any atom is -0.378 e. The molecule has 0 amide bonds. The van der Waals surface area contributed by atoms with E-state index in [1.54, 1.807) is 11.3 Å². The number of azo groups is 1. The second kappa shape index (κ2) is 6.23. The highest BCUT2D eigenvalue weighted by Crippen LogP contribution is 2.30. The van der Waals surface area contributed by atoms with E-state index in [0.29, 0.717) is 5.13 Å². The van der Waals surface area contributed by atoms with Crippen LogP contribution < -0.4 is 4.90 Å². The molecule has 0 bridgehead atoms. The second-order valence-electron chi connectivity index (χ2n) is 5.26. The fraction of sp³-hybridized carbons (Fsp3) is 0.235. The third kappa shape index (κ3) is 3.14. The normalized spacial score (nSPS) is 11.4. The number of hydrogen-bond acceptors (Lipinski definition) is 5. The zero-order chi connectivity index (χ0) is 15.5. The zero-order valence-electron chi connectivity index (χ0n) is 12.9. The Bertz CT molecular complexity index is 803. The average molecular weight is 310 g/mol. The highest BCUT2D eigenvalue weighted by atomic mass is 32.1. The van der Waals surface area contributed by atoms with Gasteiger partial charge < -0.3 is 4.90 Å². The van der Waals surface area contributed by atoms with E-state index >= 15 is 0 Å². The van der Waals surface area contributed by atoms with Crippen molar-refractivity contribution in [2.75, 3.05) is 19.0 Å². The molecular weight excluding hydrogens is 292 g/mol. The molecule has 0 aliphatic heterocycles. The van der Waals surface area contributed by atoms with Crippen LogP contribution in [0.15, 0.2) is 52.7 Å². The summed E-state index contributed by atoms with van der Waals surface area (Å²) in [5.41, 5.74) is 4.28. The van der Waals surface area contributed by atoms with Gasteiger partial charge >= 0.3 is 0 Å². The monoisotopic (exact) mass is 310 g/mol. The lowest BCUT2D eigenvalue weighted by molar-refractivity contribution is 1.13. The maximum atomic E-state index is 4.50. The van der Waals surface area contributed by atoms with Crippen molar-refractivity contribution >= 4 is 38.1 Å². The molecular formula is C17H18N4S. The molecule has 0 aliphatic rings. The molecule has 2 aromatic carbocycles. The summed E-state index contributed by atoms with van der Waals surface area (Å²) in [5.74, 6) is 0. The Labute approximate surface area is 134 Å². The van der Waals surface area contributed by atoms with Crippen LogP contribution in [0.4, 0.5) is 16.5 Å². The summed E-state index contributed by atoms with van der Waals surface area (Å²) in [4.78, 5) is 6.55. The SMILES string of the molecule is CCc1ccc2nc(N=Nc3ccc(N(C)C)cc3)sc2c1. The van der Waals surface area contributed by atoms with E-state index in [1.165, 1.54) is 5.56 Å². The van der Waals surface area contributed by atoms with Crippen LogP contribution in [0.5, 0.6) is 0 Å². The lowest BCUT2D eigenvalue weighted by Gasteiger charge is -2.11. The molecule has 1 heterocycles. The van der Waals surface area contributed by atoms with Crippen LogP contribution >= 0.6 is 11.3 Å². The summed E-state index contributed by atoms with van der Waals surface area (Å²) < 4.78 is 1.16. The standard InChI is InChI=1S/C17H18N4S/c1-4-12-5-10-15-16(11-12)22-17(18-15)20-19-13-6-8-14(9-7-13)21(2)3/h5-11H,4H2,1-3H3. The molecule has 0 saturated carbocycles. The van der Waals surface area contributed by atoms with Gasteiger partial charge in [-0.05, 0) is 48.4 Å². The lowest BCUT2D eigenvalue weighted by atomic mass is 10.2. The van der Waals surface area contributed by atoms with E-state index in [0.717, 1.165) is 28.0 Å².